The summed E-state index contributed by atoms with van der Waals surface area (Å²) in [5, 5.41) is 0. The van der Waals surface area contributed by atoms with Gasteiger partial charge in [0.25, 0.3) is 5.91 Å². The molecule has 6 nitrogen and oxygen atoms in total. The third kappa shape index (κ3) is 5.20. The molecule has 1 amide bonds. The Morgan fingerprint density at radius 1 is 1.22 bits per heavy atom. The van der Waals surface area contributed by atoms with Crippen molar-refractivity contribution in [1.29, 1.82) is 0 Å². The van der Waals surface area contributed by atoms with E-state index in [1.165, 1.54) is 6.92 Å². The van der Waals surface area contributed by atoms with Crippen LogP contribution in [-0.4, -0.2) is 54.3 Å². The Balaban J connectivity index is 1.66. The predicted molar refractivity (Wildman–Crippen MR) is 102 cm³/mol. The lowest BCUT2D eigenvalue weighted by Crippen LogP contribution is -2.47. The first-order valence-corrected chi connectivity index (χ1v) is 9.27. The first-order chi connectivity index (χ1) is 13.0. The highest BCUT2D eigenvalue weighted by atomic mass is 16.5. The molecule has 0 spiro atoms. The number of benzene rings is 1. The number of piperidine rings is 1. The van der Waals surface area contributed by atoms with Gasteiger partial charge in [0.2, 0.25) is 0 Å². The molecule has 0 N–H and O–H groups in total. The van der Waals surface area contributed by atoms with Crippen molar-refractivity contribution in [1.82, 2.24) is 9.80 Å². The van der Waals surface area contributed by atoms with Gasteiger partial charge in [-0.25, -0.2) is 0 Å². The normalized spacial score (nSPS) is 15.5. The second kappa shape index (κ2) is 8.86. The van der Waals surface area contributed by atoms with Gasteiger partial charge in [-0.1, -0.05) is 12.1 Å². The number of carbonyl (C=O) groups is 2. The second-order valence-electron chi connectivity index (χ2n) is 7.01. The number of carbonyl (C=O) groups excluding carboxylic acids is 2. The van der Waals surface area contributed by atoms with Crippen LogP contribution in [0.3, 0.4) is 0 Å². The maximum absolute atomic E-state index is 12.9. The average molecular weight is 370 g/mol. The second-order valence-corrected chi connectivity index (χ2v) is 7.01. The molecule has 0 saturated carbocycles. The molecule has 2 heterocycles. The van der Waals surface area contributed by atoms with E-state index in [1.54, 1.807) is 30.5 Å². The molecule has 0 bridgehead atoms. The summed E-state index contributed by atoms with van der Waals surface area (Å²) in [6, 6.07) is 10.8. The lowest BCUT2D eigenvalue weighted by atomic mass is 10.0. The Kier molecular flexibility index (Phi) is 6.29. The van der Waals surface area contributed by atoms with Gasteiger partial charge >= 0.3 is 0 Å². The minimum atomic E-state index is -0.0748. The van der Waals surface area contributed by atoms with Crippen molar-refractivity contribution in [3.63, 3.8) is 0 Å². The van der Waals surface area contributed by atoms with Gasteiger partial charge in [0.1, 0.15) is 11.5 Å². The van der Waals surface area contributed by atoms with Crippen LogP contribution in [0.5, 0.6) is 5.75 Å². The molecule has 0 unspecified atom stereocenters. The van der Waals surface area contributed by atoms with Crippen LogP contribution < -0.4 is 4.74 Å². The van der Waals surface area contributed by atoms with E-state index < -0.39 is 0 Å². The smallest absolute Gasteiger partial charge is 0.261 e. The number of Topliss-reactive ketones (excluding diaryl/α,β-unsaturated/α-hetero) is 1. The quantitative estimate of drug-likeness (QED) is 0.701. The first kappa shape index (κ1) is 19.2. The van der Waals surface area contributed by atoms with Gasteiger partial charge in [-0.2, -0.15) is 0 Å². The van der Waals surface area contributed by atoms with Crippen LogP contribution in [0, 0.1) is 0 Å². The number of nitrogens with zero attached hydrogens (tertiary/aromatic N) is 2. The highest BCUT2D eigenvalue weighted by molar-refractivity contribution is 5.94. The van der Waals surface area contributed by atoms with Crippen molar-refractivity contribution in [2.75, 3.05) is 26.7 Å². The maximum atomic E-state index is 12.9. The molecule has 1 saturated heterocycles. The summed E-state index contributed by atoms with van der Waals surface area (Å²) in [6.45, 7) is 3.82. The molecule has 1 aromatic heterocycles. The zero-order valence-electron chi connectivity index (χ0n) is 15.9. The van der Waals surface area contributed by atoms with Crippen molar-refractivity contribution in [2.24, 2.45) is 0 Å². The van der Waals surface area contributed by atoms with Crippen molar-refractivity contribution in [3.05, 3.63) is 54.0 Å². The van der Waals surface area contributed by atoms with E-state index >= 15 is 0 Å². The Morgan fingerprint density at radius 2 is 2.00 bits per heavy atom. The van der Waals surface area contributed by atoms with Crippen molar-refractivity contribution in [2.45, 2.75) is 32.4 Å². The summed E-state index contributed by atoms with van der Waals surface area (Å²) < 4.78 is 11.1. The van der Waals surface area contributed by atoms with Crippen LogP contribution >= 0.6 is 0 Å². The van der Waals surface area contributed by atoms with Gasteiger partial charge in [0.15, 0.2) is 12.4 Å². The SMILES string of the molecule is CC(=O)c1cccc(OCC(=O)N(Cc2ccco2)C2CCN(C)CC2)c1. The van der Waals surface area contributed by atoms with Gasteiger partial charge in [-0.15, -0.1) is 0 Å². The lowest BCUT2D eigenvalue weighted by molar-refractivity contribution is -0.137. The number of hydrogen-bond donors (Lipinski definition) is 0. The summed E-state index contributed by atoms with van der Waals surface area (Å²) in [6.07, 6.45) is 3.49. The zero-order valence-corrected chi connectivity index (χ0v) is 15.9. The first-order valence-electron chi connectivity index (χ1n) is 9.27. The van der Waals surface area contributed by atoms with Gasteiger partial charge < -0.3 is 19.0 Å². The van der Waals surface area contributed by atoms with Gasteiger partial charge in [0, 0.05) is 11.6 Å². The molecule has 0 atom stereocenters. The number of rotatable bonds is 7. The Morgan fingerprint density at radius 3 is 2.67 bits per heavy atom. The number of amides is 1. The molecule has 6 heteroatoms. The molecular formula is C21H26N2O4. The van der Waals surface area contributed by atoms with E-state index in [9.17, 15) is 9.59 Å². The van der Waals surface area contributed by atoms with Crippen LogP contribution in [0.2, 0.25) is 0 Å². The number of ketones is 1. The van der Waals surface area contributed by atoms with E-state index in [2.05, 4.69) is 11.9 Å². The van der Waals surface area contributed by atoms with Gasteiger partial charge in [-0.3, -0.25) is 9.59 Å². The third-order valence-corrected chi connectivity index (χ3v) is 4.96. The molecule has 2 aromatic rings. The monoisotopic (exact) mass is 370 g/mol. The Bertz CT molecular complexity index is 764. The van der Waals surface area contributed by atoms with Crippen LogP contribution in [-0.2, 0) is 11.3 Å². The van der Waals surface area contributed by atoms with E-state index in [-0.39, 0.29) is 24.3 Å². The van der Waals surface area contributed by atoms with Crippen LogP contribution in [0.25, 0.3) is 0 Å². The van der Waals surface area contributed by atoms with Crippen LogP contribution in [0.15, 0.2) is 47.1 Å². The lowest BCUT2D eigenvalue weighted by Gasteiger charge is -2.37. The Hall–Kier alpha value is -2.60. The molecule has 144 valence electrons. The number of hydrogen-bond acceptors (Lipinski definition) is 5. The molecule has 3 rings (SSSR count). The maximum Gasteiger partial charge on any atom is 0.261 e. The van der Waals surface area contributed by atoms with Gasteiger partial charge in [0.05, 0.1) is 12.8 Å². The number of furan rings is 1. The summed E-state index contributed by atoms with van der Waals surface area (Å²) in [5.41, 5.74) is 0.572. The molecule has 0 aliphatic carbocycles. The van der Waals surface area contributed by atoms with Crippen molar-refractivity contribution in [3.8, 4) is 5.75 Å². The summed E-state index contributed by atoms with van der Waals surface area (Å²) in [5.74, 6) is 1.19. The topological polar surface area (TPSA) is 63.0 Å². The fraction of sp³-hybridized carbons (Fsp3) is 0.429. The molecule has 1 fully saturated rings. The molecule has 27 heavy (non-hydrogen) atoms. The minimum absolute atomic E-state index is 0.0300. The number of likely N-dealkylation sites (tertiary alicyclic amines) is 1. The largest absolute Gasteiger partial charge is 0.484 e. The highest BCUT2D eigenvalue weighted by Crippen LogP contribution is 2.20. The van der Waals surface area contributed by atoms with E-state index in [0.717, 1.165) is 31.7 Å². The minimum Gasteiger partial charge on any atom is -0.484 e. The van der Waals surface area contributed by atoms with E-state index in [4.69, 9.17) is 9.15 Å². The molecular weight excluding hydrogens is 344 g/mol. The standard InChI is InChI=1S/C21H26N2O4/c1-16(24)17-5-3-6-19(13-17)27-15-21(25)23(14-20-7-4-12-26-20)18-8-10-22(2)11-9-18/h3-7,12-13,18H,8-11,14-15H2,1-2H3. The molecule has 1 aliphatic heterocycles. The van der Waals surface area contributed by atoms with E-state index in [0.29, 0.717) is 17.9 Å². The van der Waals surface area contributed by atoms with E-state index in [1.807, 2.05) is 17.0 Å². The van der Waals surface area contributed by atoms with Crippen molar-refractivity contribution >= 4 is 11.7 Å². The van der Waals surface area contributed by atoms with Crippen LogP contribution in [0.1, 0.15) is 35.9 Å². The zero-order chi connectivity index (χ0) is 19.2. The highest BCUT2D eigenvalue weighted by Gasteiger charge is 2.28. The average Bonchev–Trinajstić information content (AvgIpc) is 3.18. The fourth-order valence-corrected chi connectivity index (χ4v) is 3.33. The van der Waals surface area contributed by atoms with Crippen molar-refractivity contribution < 1.29 is 18.7 Å². The summed E-state index contributed by atoms with van der Waals surface area (Å²) >= 11 is 0. The van der Waals surface area contributed by atoms with Gasteiger partial charge in [-0.05, 0) is 64.2 Å². The molecule has 1 aromatic carbocycles. The van der Waals surface area contributed by atoms with Crippen LogP contribution in [0.4, 0.5) is 0 Å². The molecule has 0 radical (unpaired) electrons. The number of ether oxygens (including phenoxy) is 1. The third-order valence-electron chi connectivity index (χ3n) is 4.96. The Labute approximate surface area is 159 Å². The summed E-state index contributed by atoms with van der Waals surface area (Å²) in [7, 11) is 2.10. The molecule has 1 aliphatic rings. The predicted octanol–water partition coefficient (Wildman–Crippen LogP) is 2.98. The summed E-state index contributed by atoms with van der Waals surface area (Å²) in [4.78, 5) is 28.6. The fourth-order valence-electron chi connectivity index (χ4n) is 3.33.